The van der Waals surface area contributed by atoms with Crippen molar-refractivity contribution in [3.8, 4) is 11.1 Å². The average molecular weight is 427 g/mol. The van der Waals surface area contributed by atoms with E-state index < -0.39 is 12.4 Å². The van der Waals surface area contributed by atoms with Crippen LogP contribution < -0.4 is 0 Å². The smallest absolute Gasteiger partial charge is 0.346 e. The first-order chi connectivity index (χ1) is 14.5. The Morgan fingerprint density at radius 1 is 0.967 bits per heavy atom. The lowest BCUT2D eigenvalue weighted by Crippen LogP contribution is -2.04. The molecule has 0 unspecified atom stereocenters. The largest absolute Gasteiger partial charge is 0.477 e. The topological polar surface area (TPSA) is 37.3 Å². The van der Waals surface area contributed by atoms with E-state index in [4.69, 9.17) is 0 Å². The number of carboxylic acids is 1. The first-order valence-corrected chi connectivity index (χ1v) is 11.6. The summed E-state index contributed by atoms with van der Waals surface area (Å²) in [5.41, 5.74) is 3.40. The molecule has 5 heteroatoms. The molecule has 30 heavy (non-hydrogen) atoms. The maximum atomic E-state index is 13.8. The fourth-order valence-corrected chi connectivity index (χ4v) is 6.00. The first-order valence-electron chi connectivity index (χ1n) is 10.7. The van der Waals surface area contributed by atoms with Gasteiger partial charge in [0, 0.05) is 21.2 Å². The molecule has 156 valence electrons. The molecule has 2 nitrogen and oxygen atoms in total. The Morgan fingerprint density at radius 3 is 2.27 bits per heavy atom. The molecular weight excluding hydrogens is 402 g/mol. The maximum absolute atomic E-state index is 13.8. The van der Waals surface area contributed by atoms with Gasteiger partial charge < -0.3 is 5.11 Å². The Labute approximate surface area is 178 Å². The Bertz CT molecular complexity index is 1090. The van der Waals surface area contributed by atoms with Gasteiger partial charge in [0.2, 0.25) is 0 Å². The fraction of sp³-hybridized carbons (Fsp3) is 0.400. The molecule has 2 aliphatic carbocycles. The van der Waals surface area contributed by atoms with Gasteiger partial charge in [0.25, 0.3) is 6.43 Å². The number of alkyl halides is 2. The third kappa shape index (κ3) is 3.53. The van der Waals surface area contributed by atoms with Crippen LogP contribution in [0.3, 0.4) is 0 Å². The second kappa shape index (κ2) is 7.77. The number of halogens is 2. The number of hydrogen-bond donors (Lipinski definition) is 1. The van der Waals surface area contributed by atoms with Crippen LogP contribution in [0.25, 0.3) is 21.2 Å². The fourth-order valence-electron chi connectivity index (χ4n) is 4.91. The molecule has 0 spiro atoms. The third-order valence-electron chi connectivity index (χ3n) is 6.62. The van der Waals surface area contributed by atoms with Crippen molar-refractivity contribution in [2.75, 3.05) is 0 Å². The summed E-state index contributed by atoms with van der Waals surface area (Å²) >= 11 is 1.19. The van der Waals surface area contributed by atoms with Crippen molar-refractivity contribution in [3.05, 3.63) is 58.0 Å². The molecule has 0 atom stereocenters. The zero-order chi connectivity index (χ0) is 20.8. The van der Waals surface area contributed by atoms with Crippen molar-refractivity contribution in [1.82, 2.24) is 0 Å². The van der Waals surface area contributed by atoms with Gasteiger partial charge in [0.1, 0.15) is 4.88 Å². The van der Waals surface area contributed by atoms with E-state index in [0.29, 0.717) is 22.4 Å². The number of aromatic carboxylic acids is 1. The molecule has 1 heterocycles. The number of thiophene rings is 1. The average Bonchev–Trinajstić information content (AvgIpc) is 3.53. The van der Waals surface area contributed by atoms with Gasteiger partial charge in [-0.05, 0) is 66.3 Å². The molecule has 0 amide bonds. The Kier molecular flexibility index (Phi) is 5.10. The van der Waals surface area contributed by atoms with Gasteiger partial charge in [-0.25, -0.2) is 13.6 Å². The van der Waals surface area contributed by atoms with E-state index in [-0.39, 0.29) is 16.4 Å². The molecule has 2 aliphatic rings. The van der Waals surface area contributed by atoms with E-state index in [1.807, 2.05) is 18.2 Å². The van der Waals surface area contributed by atoms with Crippen LogP contribution in [0.2, 0.25) is 0 Å². The number of carbonyl (C=O) groups is 1. The van der Waals surface area contributed by atoms with E-state index >= 15 is 0 Å². The number of rotatable bonds is 5. The van der Waals surface area contributed by atoms with Crippen molar-refractivity contribution in [3.63, 3.8) is 0 Å². The monoisotopic (exact) mass is 426 g/mol. The minimum Gasteiger partial charge on any atom is -0.477 e. The van der Waals surface area contributed by atoms with Crippen molar-refractivity contribution >= 4 is 27.4 Å². The Balaban J connectivity index is 1.62. The van der Waals surface area contributed by atoms with Crippen LogP contribution in [0.5, 0.6) is 0 Å². The van der Waals surface area contributed by atoms with Crippen molar-refractivity contribution in [2.45, 2.75) is 63.2 Å². The molecule has 0 aliphatic heterocycles. The summed E-state index contributed by atoms with van der Waals surface area (Å²) < 4.78 is 28.4. The molecule has 1 aromatic heterocycles. The van der Waals surface area contributed by atoms with Gasteiger partial charge >= 0.3 is 5.97 Å². The van der Waals surface area contributed by atoms with Crippen molar-refractivity contribution in [1.29, 1.82) is 0 Å². The Hall–Kier alpha value is -2.27. The van der Waals surface area contributed by atoms with Gasteiger partial charge in [-0.15, -0.1) is 11.3 Å². The molecule has 5 rings (SSSR count). The lowest BCUT2D eigenvalue weighted by Gasteiger charge is -2.22. The second-order valence-corrected chi connectivity index (χ2v) is 9.67. The predicted octanol–water partition coefficient (Wildman–Crippen LogP) is 8.13. The number of benzene rings is 2. The SMILES string of the molecule is O=C(O)c1sc2cc(C3CC3)c(C(F)F)cc2c1-c1ccc(C2CCCCC2)cc1. The standard InChI is InChI=1S/C25H24F2O2S/c26-24(27)19-12-20-21(13-18(19)16-8-9-16)30-23(25(28)29)22(20)17-10-6-15(7-11-17)14-4-2-1-3-5-14/h6-7,10-14,16,24H,1-5,8-9H2,(H,28,29). The van der Waals surface area contributed by atoms with E-state index in [1.165, 1.54) is 49.0 Å². The maximum Gasteiger partial charge on any atom is 0.346 e. The van der Waals surface area contributed by atoms with Gasteiger partial charge in [0.05, 0.1) is 0 Å². The molecular formula is C25H24F2O2S. The van der Waals surface area contributed by atoms with E-state index in [2.05, 4.69) is 12.1 Å². The third-order valence-corrected chi connectivity index (χ3v) is 7.76. The molecule has 0 saturated heterocycles. The zero-order valence-corrected chi connectivity index (χ0v) is 17.5. The molecule has 2 aromatic carbocycles. The minimum absolute atomic E-state index is 0.0554. The van der Waals surface area contributed by atoms with Crippen LogP contribution in [0.4, 0.5) is 8.78 Å². The highest BCUT2D eigenvalue weighted by Gasteiger charge is 2.31. The van der Waals surface area contributed by atoms with Crippen LogP contribution in [0.1, 0.15) is 89.6 Å². The Morgan fingerprint density at radius 2 is 1.67 bits per heavy atom. The summed E-state index contributed by atoms with van der Waals surface area (Å²) in [6, 6.07) is 11.5. The molecule has 0 radical (unpaired) electrons. The van der Waals surface area contributed by atoms with Crippen LogP contribution in [-0.2, 0) is 0 Å². The van der Waals surface area contributed by atoms with Crippen molar-refractivity contribution in [2.24, 2.45) is 0 Å². The second-order valence-electron chi connectivity index (χ2n) is 8.62. The lowest BCUT2D eigenvalue weighted by atomic mass is 9.83. The van der Waals surface area contributed by atoms with E-state index in [9.17, 15) is 18.7 Å². The summed E-state index contributed by atoms with van der Waals surface area (Å²) in [5.74, 6) is -0.251. The zero-order valence-electron chi connectivity index (χ0n) is 16.7. The van der Waals surface area contributed by atoms with Crippen LogP contribution in [-0.4, -0.2) is 11.1 Å². The van der Waals surface area contributed by atoms with Gasteiger partial charge in [-0.3, -0.25) is 0 Å². The molecule has 3 aromatic rings. The summed E-state index contributed by atoms with van der Waals surface area (Å²) in [4.78, 5) is 12.2. The van der Waals surface area contributed by atoms with Crippen LogP contribution in [0.15, 0.2) is 36.4 Å². The quantitative estimate of drug-likeness (QED) is 0.447. The van der Waals surface area contributed by atoms with Crippen LogP contribution >= 0.6 is 11.3 Å². The van der Waals surface area contributed by atoms with Crippen molar-refractivity contribution < 1.29 is 18.7 Å². The van der Waals surface area contributed by atoms with E-state index in [1.54, 1.807) is 6.07 Å². The number of fused-ring (bicyclic) bond motifs is 1. The summed E-state index contributed by atoms with van der Waals surface area (Å²) in [7, 11) is 0. The molecule has 2 saturated carbocycles. The molecule has 1 N–H and O–H groups in total. The van der Waals surface area contributed by atoms with E-state index in [0.717, 1.165) is 23.1 Å². The van der Waals surface area contributed by atoms with Crippen LogP contribution in [0, 0.1) is 0 Å². The van der Waals surface area contributed by atoms with Gasteiger partial charge in [-0.2, -0.15) is 0 Å². The number of hydrogen-bond acceptors (Lipinski definition) is 2. The normalized spacial score (nSPS) is 17.7. The first kappa shape index (κ1) is 19.7. The molecule has 0 bridgehead atoms. The van der Waals surface area contributed by atoms with Gasteiger partial charge in [-0.1, -0.05) is 43.5 Å². The lowest BCUT2D eigenvalue weighted by molar-refractivity contribution is 0.0703. The van der Waals surface area contributed by atoms with Gasteiger partial charge in [0.15, 0.2) is 0 Å². The highest BCUT2D eigenvalue weighted by Crippen LogP contribution is 2.48. The minimum atomic E-state index is -2.56. The summed E-state index contributed by atoms with van der Waals surface area (Å²) in [6.45, 7) is 0. The summed E-state index contributed by atoms with van der Waals surface area (Å²) in [6.07, 6.45) is 5.50. The highest BCUT2D eigenvalue weighted by molar-refractivity contribution is 7.21. The number of carboxylic acid groups (broad SMARTS) is 1. The predicted molar refractivity (Wildman–Crippen MR) is 117 cm³/mol. The summed E-state index contributed by atoms with van der Waals surface area (Å²) in [5, 5.41) is 10.4. The molecule has 2 fully saturated rings. The highest BCUT2D eigenvalue weighted by atomic mass is 32.1.